The van der Waals surface area contributed by atoms with Gasteiger partial charge in [-0.05, 0) is 30.7 Å². The molecule has 0 aliphatic carbocycles. The molecule has 0 bridgehead atoms. The summed E-state index contributed by atoms with van der Waals surface area (Å²) < 4.78 is 1.79. The van der Waals surface area contributed by atoms with Gasteiger partial charge in [0.1, 0.15) is 0 Å². The van der Waals surface area contributed by atoms with E-state index in [1.165, 1.54) is 0 Å². The molecular formula is C18H18N6. The molecule has 3 aromatic heterocycles. The lowest BCUT2D eigenvalue weighted by molar-refractivity contribution is 0.815. The number of hydrogen-bond acceptors (Lipinski definition) is 5. The molecule has 0 radical (unpaired) electrons. The van der Waals surface area contributed by atoms with Gasteiger partial charge in [0.15, 0.2) is 11.5 Å². The summed E-state index contributed by atoms with van der Waals surface area (Å²) in [5, 5.41) is 9.02. The molecule has 0 atom stereocenters. The van der Waals surface area contributed by atoms with E-state index in [1.54, 1.807) is 16.9 Å². The molecule has 0 saturated carbocycles. The summed E-state index contributed by atoms with van der Waals surface area (Å²) in [4.78, 5) is 13.6. The average molecular weight is 318 g/mol. The Labute approximate surface area is 139 Å². The lowest BCUT2D eigenvalue weighted by Gasteiger charge is -2.08. The largest absolute Gasteiger partial charge is 0.354 e. The Balaban J connectivity index is 1.91. The van der Waals surface area contributed by atoms with E-state index in [-0.39, 0.29) is 0 Å². The monoisotopic (exact) mass is 318 g/mol. The predicted molar refractivity (Wildman–Crippen MR) is 94.9 cm³/mol. The first-order valence-corrected chi connectivity index (χ1v) is 8.16. The molecule has 1 aromatic carbocycles. The number of aromatic nitrogens is 5. The van der Waals surface area contributed by atoms with E-state index in [2.05, 4.69) is 22.3 Å². The van der Waals surface area contributed by atoms with Crippen LogP contribution in [0.1, 0.15) is 19.8 Å². The number of nitrogens with one attached hydrogen (secondary N) is 1. The van der Waals surface area contributed by atoms with Crippen LogP contribution in [-0.4, -0.2) is 31.1 Å². The lowest BCUT2D eigenvalue weighted by atomic mass is 10.2. The molecule has 3 heterocycles. The van der Waals surface area contributed by atoms with Crippen molar-refractivity contribution in [2.75, 3.05) is 11.9 Å². The summed E-state index contributed by atoms with van der Waals surface area (Å²) in [6.45, 7) is 3.03. The van der Waals surface area contributed by atoms with Crippen LogP contribution < -0.4 is 5.32 Å². The summed E-state index contributed by atoms with van der Waals surface area (Å²) in [5.74, 6) is 1.37. The number of anilines is 1. The number of pyridine rings is 1. The van der Waals surface area contributed by atoms with Crippen LogP contribution in [-0.2, 0) is 0 Å². The van der Waals surface area contributed by atoms with Crippen molar-refractivity contribution in [3.63, 3.8) is 0 Å². The number of para-hydroxylation sites is 1. The molecule has 0 amide bonds. The zero-order valence-electron chi connectivity index (χ0n) is 13.5. The van der Waals surface area contributed by atoms with Gasteiger partial charge in [-0.3, -0.25) is 4.98 Å². The zero-order chi connectivity index (χ0) is 16.4. The van der Waals surface area contributed by atoms with Gasteiger partial charge < -0.3 is 5.32 Å². The highest BCUT2D eigenvalue weighted by molar-refractivity contribution is 5.92. The molecule has 6 heteroatoms. The Hall–Kier alpha value is -3.02. The Morgan fingerprint density at radius 3 is 2.83 bits per heavy atom. The normalized spacial score (nSPS) is 11.2. The van der Waals surface area contributed by atoms with Crippen molar-refractivity contribution in [3.05, 3.63) is 48.8 Å². The van der Waals surface area contributed by atoms with Crippen molar-refractivity contribution in [1.82, 2.24) is 24.6 Å². The number of nitrogens with zero attached hydrogens (tertiary/aromatic N) is 5. The van der Waals surface area contributed by atoms with Crippen molar-refractivity contribution in [1.29, 1.82) is 0 Å². The second kappa shape index (κ2) is 6.23. The van der Waals surface area contributed by atoms with Gasteiger partial charge in [-0.1, -0.05) is 25.5 Å². The summed E-state index contributed by atoms with van der Waals surface area (Å²) in [7, 11) is 0. The zero-order valence-corrected chi connectivity index (χ0v) is 13.5. The van der Waals surface area contributed by atoms with Crippen LogP contribution in [0.2, 0.25) is 0 Å². The van der Waals surface area contributed by atoms with E-state index in [0.29, 0.717) is 5.82 Å². The van der Waals surface area contributed by atoms with Crippen LogP contribution in [0.4, 0.5) is 5.95 Å². The first kappa shape index (κ1) is 14.6. The highest BCUT2D eigenvalue weighted by Gasteiger charge is 2.14. The maximum absolute atomic E-state index is 4.73. The summed E-state index contributed by atoms with van der Waals surface area (Å²) in [5.41, 5.74) is 2.61. The molecule has 4 aromatic rings. The van der Waals surface area contributed by atoms with E-state index in [4.69, 9.17) is 9.97 Å². The SMILES string of the molecule is CCCCNc1nc2ccccc2c2nc(-c3cccnc3)nn12. The first-order valence-electron chi connectivity index (χ1n) is 8.16. The number of benzene rings is 1. The van der Waals surface area contributed by atoms with E-state index in [1.807, 2.05) is 36.4 Å². The van der Waals surface area contributed by atoms with Crippen molar-refractivity contribution in [2.45, 2.75) is 19.8 Å². The topological polar surface area (TPSA) is 68.0 Å². The van der Waals surface area contributed by atoms with E-state index in [9.17, 15) is 0 Å². The number of hydrogen-bond donors (Lipinski definition) is 1. The summed E-state index contributed by atoms with van der Waals surface area (Å²) >= 11 is 0. The fourth-order valence-corrected chi connectivity index (χ4v) is 2.66. The average Bonchev–Trinajstić information content (AvgIpc) is 3.09. The minimum Gasteiger partial charge on any atom is -0.354 e. The molecule has 24 heavy (non-hydrogen) atoms. The van der Waals surface area contributed by atoms with Crippen LogP contribution >= 0.6 is 0 Å². The van der Waals surface area contributed by atoms with Crippen LogP contribution in [0.15, 0.2) is 48.8 Å². The van der Waals surface area contributed by atoms with Crippen molar-refractivity contribution in [3.8, 4) is 11.4 Å². The molecule has 1 N–H and O–H groups in total. The second-order valence-electron chi connectivity index (χ2n) is 5.65. The summed E-state index contributed by atoms with van der Waals surface area (Å²) in [6.07, 6.45) is 5.73. The van der Waals surface area contributed by atoms with Gasteiger partial charge in [0, 0.05) is 29.9 Å². The highest BCUT2D eigenvalue weighted by Crippen LogP contribution is 2.23. The van der Waals surface area contributed by atoms with Gasteiger partial charge in [0.2, 0.25) is 5.95 Å². The maximum atomic E-state index is 4.73. The van der Waals surface area contributed by atoms with Gasteiger partial charge in [-0.25, -0.2) is 9.97 Å². The fraction of sp³-hybridized carbons (Fsp3) is 0.222. The minimum atomic E-state index is 0.653. The van der Waals surface area contributed by atoms with Crippen molar-refractivity contribution < 1.29 is 0 Å². The number of unbranched alkanes of at least 4 members (excludes halogenated alkanes) is 1. The molecule has 0 unspecified atom stereocenters. The first-order chi connectivity index (χ1) is 11.9. The van der Waals surface area contributed by atoms with Crippen LogP contribution in [0.5, 0.6) is 0 Å². The molecule has 0 aliphatic rings. The fourth-order valence-electron chi connectivity index (χ4n) is 2.66. The number of rotatable bonds is 5. The Kier molecular flexibility index (Phi) is 3.78. The van der Waals surface area contributed by atoms with Crippen LogP contribution in [0.3, 0.4) is 0 Å². The van der Waals surface area contributed by atoms with Gasteiger partial charge in [0.25, 0.3) is 0 Å². The van der Waals surface area contributed by atoms with E-state index < -0.39 is 0 Å². The smallest absolute Gasteiger partial charge is 0.226 e. The molecule has 4 rings (SSSR count). The van der Waals surface area contributed by atoms with Crippen LogP contribution in [0, 0.1) is 0 Å². The standard InChI is InChI=1S/C18H18N6/c1-2-3-11-20-18-21-15-9-5-4-8-14(15)17-22-16(23-24(17)18)13-7-6-10-19-12-13/h4-10,12H,2-3,11H2,1H3,(H,20,21). The second-order valence-corrected chi connectivity index (χ2v) is 5.65. The van der Waals surface area contributed by atoms with E-state index >= 15 is 0 Å². The quantitative estimate of drug-likeness (QED) is 0.570. The molecule has 120 valence electrons. The third-order valence-corrected chi connectivity index (χ3v) is 3.91. The molecular weight excluding hydrogens is 300 g/mol. The Morgan fingerprint density at radius 1 is 1.08 bits per heavy atom. The van der Waals surface area contributed by atoms with Gasteiger partial charge >= 0.3 is 0 Å². The third-order valence-electron chi connectivity index (χ3n) is 3.91. The Morgan fingerprint density at radius 2 is 2.00 bits per heavy atom. The summed E-state index contributed by atoms with van der Waals surface area (Å²) in [6, 6.07) is 11.8. The Bertz CT molecular complexity index is 977. The number of fused-ring (bicyclic) bond motifs is 3. The molecule has 6 nitrogen and oxygen atoms in total. The maximum Gasteiger partial charge on any atom is 0.226 e. The molecule has 0 saturated heterocycles. The lowest BCUT2D eigenvalue weighted by Crippen LogP contribution is -2.09. The van der Waals surface area contributed by atoms with Gasteiger partial charge in [0.05, 0.1) is 5.52 Å². The minimum absolute atomic E-state index is 0.653. The van der Waals surface area contributed by atoms with Gasteiger partial charge in [-0.2, -0.15) is 4.52 Å². The molecule has 0 spiro atoms. The van der Waals surface area contributed by atoms with Crippen molar-refractivity contribution >= 4 is 22.5 Å². The molecule has 0 fully saturated rings. The van der Waals surface area contributed by atoms with Crippen molar-refractivity contribution in [2.24, 2.45) is 0 Å². The van der Waals surface area contributed by atoms with E-state index in [0.717, 1.165) is 47.4 Å². The predicted octanol–water partition coefficient (Wildman–Crippen LogP) is 3.55. The third kappa shape index (κ3) is 2.56. The molecule has 0 aliphatic heterocycles. The highest BCUT2D eigenvalue weighted by atomic mass is 15.4. The van der Waals surface area contributed by atoms with Crippen LogP contribution in [0.25, 0.3) is 27.9 Å². The van der Waals surface area contributed by atoms with Gasteiger partial charge in [-0.15, -0.1) is 5.10 Å².